The number of rotatable bonds is 8. The van der Waals surface area contributed by atoms with E-state index in [0.29, 0.717) is 30.0 Å². The summed E-state index contributed by atoms with van der Waals surface area (Å²) < 4.78 is 23.5. The molecule has 8 heteroatoms. The van der Waals surface area contributed by atoms with Gasteiger partial charge in [0.2, 0.25) is 5.82 Å². The molecule has 4 rings (SSSR count). The lowest BCUT2D eigenvalue weighted by Crippen LogP contribution is -2.41. The molecule has 1 aromatic heterocycles. The predicted molar refractivity (Wildman–Crippen MR) is 112 cm³/mol. The average molecular weight is 415 g/mol. The van der Waals surface area contributed by atoms with Crippen LogP contribution in [0.3, 0.4) is 0 Å². The van der Waals surface area contributed by atoms with E-state index in [9.17, 15) is 0 Å². The number of epoxide rings is 1. The molecule has 0 radical (unpaired) electrons. The molecule has 0 unspecified atom stereocenters. The summed E-state index contributed by atoms with van der Waals surface area (Å²) in [7, 11) is 4.88. The van der Waals surface area contributed by atoms with Crippen LogP contribution in [-0.4, -0.2) is 44.8 Å². The van der Waals surface area contributed by atoms with Crippen molar-refractivity contribution in [1.29, 1.82) is 0 Å². The fourth-order valence-corrected chi connectivity index (χ4v) is 4.10. The fourth-order valence-electron chi connectivity index (χ4n) is 3.09. The van der Waals surface area contributed by atoms with Crippen LogP contribution in [0.25, 0.3) is 10.9 Å². The molecule has 152 valence electrons. The molecule has 1 saturated heterocycles. The zero-order chi connectivity index (χ0) is 20.4. The van der Waals surface area contributed by atoms with Crippen molar-refractivity contribution >= 4 is 28.5 Å². The minimum Gasteiger partial charge on any atom is -0.497 e. The fraction of sp³-hybridized carbons (Fsp3) is 0.333. The largest absolute Gasteiger partial charge is 0.497 e. The number of thioether (sulfide) groups is 1. The standard InChI is InChI=1S/C21H23N3O4S/c1-25-14-6-4-13(5-7-14)10-24-20(22)16-8-18(26-2)19(27-3)9-17(16)23-21(24)29-12-15-11-28-15/h4-9,15,22H,10-12H2,1-3H3/p+1/t15-/m1/s1. The number of methoxy groups -OCH3 is 3. The third-order valence-corrected chi connectivity index (χ3v) is 5.92. The van der Waals surface area contributed by atoms with E-state index in [0.717, 1.165) is 39.7 Å². The van der Waals surface area contributed by atoms with Crippen LogP contribution in [0.4, 0.5) is 5.82 Å². The third kappa shape index (κ3) is 4.18. The SMILES string of the molecule is COc1ccc(C[n+]2c(SC[C@H]3CO3)nc3cc(OC)c(OC)cc3c2N)cc1. The van der Waals surface area contributed by atoms with Gasteiger partial charge in [-0.1, -0.05) is 17.1 Å². The Hall–Kier alpha value is -2.71. The summed E-state index contributed by atoms with van der Waals surface area (Å²) in [5.41, 5.74) is 8.49. The van der Waals surface area contributed by atoms with Crippen molar-refractivity contribution in [2.45, 2.75) is 17.8 Å². The van der Waals surface area contributed by atoms with Gasteiger partial charge in [0.1, 0.15) is 5.75 Å². The summed E-state index contributed by atoms with van der Waals surface area (Å²) in [6.45, 7) is 1.40. The van der Waals surface area contributed by atoms with Crippen molar-refractivity contribution in [3.8, 4) is 17.2 Å². The van der Waals surface area contributed by atoms with Gasteiger partial charge in [-0.3, -0.25) is 0 Å². The molecular weight excluding hydrogens is 390 g/mol. The molecule has 1 aliphatic rings. The Labute approximate surface area is 173 Å². The summed E-state index contributed by atoms with van der Waals surface area (Å²) in [6.07, 6.45) is 0.290. The molecule has 0 spiro atoms. The Kier molecular flexibility index (Phi) is 5.64. The zero-order valence-corrected chi connectivity index (χ0v) is 17.5. The van der Waals surface area contributed by atoms with E-state index in [-0.39, 0.29) is 0 Å². The van der Waals surface area contributed by atoms with E-state index in [1.807, 2.05) is 41.0 Å². The molecule has 0 bridgehead atoms. The van der Waals surface area contributed by atoms with Crippen molar-refractivity contribution in [2.24, 2.45) is 0 Å². The highest BCUT2D eigenvalue weighted by Crippen LogP contribution is 2.34. The first kappa shape index (κ1) is 19.6. The maximum absolute atomic E-state index is 6.62. The van der Waals surface area contributed by atoms with E-state index in [4.69, 9.17) is 29.7 Å². The number of nitrogens with zero attached hydrogens (tertiary/aromatic N) is 2. The van der Waals surface area contributed by atoms with Crippen LogP contribution < -0.4 is 24.5 Å². The van der Waals surface area contributed by atoms with Gasteiger partial charge in [-0.15, -0.1) is 0 Å². The van der Waals surface area contributed by atoms with Crippen LogP contribution in [-0.2, 0) is 11.3 Å². The molecule has 1 fully saturated rings. The summed E-state index contributed by atoms with van der Waals surface area (Å²) in [4.78, 5) is 4.88. The van der Waals surface area contributed by atoms with Crippen LogP contribution in [0.1, 0.15) is 5.56 Å². The lowest BCUT2D eigenvalue weighted by atomic mass is 10.2. The number of hydrogen-bond acceptors (Lipinski definition) is 7. The quantitative estimate of drug-likeness (QED) is 0.263. The first-order valence-corrected chi connectivity index (χ1v) is 10.2. The molecule has 3 aromatic rings. The Morgan fingerprint density at radius 2 is 1.79 bits per heavy atom. The van der Waals surface area contributed by atoms with E-state index in [1.165, 1.54) is 0 Å². The van der Waals surface area contributed by atoms with Crippen LogP contribution in [0.5, 0.6) is 17.2 Å². The van der Waals surface area contributed by atoms with Crippen LogP contribution >= 0.6 is 11.8 Å². The number of ether oxygens (including phenoxy) is 4. The molecule has 1 atom stereocenters. The maximum atomic E-state index is 6.62. The molecule has 2 aromatic carbocycles. The first-order chi connectivity index (χ1) is 14.1. The van der Waals surface area contributed by atoms with Crippen molar-refractivity contribution in [3.63, 3.8) is 0 Å². The Bertz CT molecular complexity index is 1020. The van der Waals surface area contributed by atoms with Gasteiger partial charge in [0.25, 0.3) is 5.16 Å². The molecular formula is C21H24N3O4S+. The van der Waals surface area contributed by atoms with Crippen LogP contribution in [0.2, 0.25) is 0 Å². The summed E-state index contributed by atoms with van der Waals surface area (Å²) in [6, 6.07) is 11.7. The summed E-state index contributed by atoms with van der Waals surface area (Å²) in [5.74, 6) is 3.54. The number of anilines is 1. The van der Waals surface area contributed by atoms with Gasteiger partial charge in [0.05, 0.1) is 46.0 Å². The van der Waals surface area contributed by atoms with Gasteiger partial charge >= 0.3 is 0 Å². The third-order valence-electron chi connectivity index (χ3n) is 4.82. The highest BCUT2D eigenvalue weighted by Gasteiger charge is 2.27. The lowest BCUT2D eigenvalue weighted by molar-refractivity contribution is -0.713. The Balaban J connectivity index is 1.79. The van der Waals surface area contributed by atoms with Crippen molar-refractivity contribution in [3.05, 3.63) is 42.0 Å². The van der Waals surface area contributed by atoms with E-state index in [2.05, 4.69) is 0 Å². The monoisotopic (exact) mass is 414 g/mol. The maximum Gasteiger partial charge on any atom is 0.299 e. The van der Waals surface area contributed by atoms with Gasteiger partial charge in [-0.2, -0.15) is 0 Å². The lowest BCUT2D eigenvalue weighted by Gasteiger charge is -2.13. The molecule has 2 heterocycles. The summed E-state index contributed by atoms with van der Waals surface area (Å²) >= 11 is 1.65. The molecule has 0 aliphatic carbocycles. The Morgan fingerprint density at radius 1 is 1.10 bits per heavy atom. The van der Waals surface area contributed by atoms with Gasteiger partial charge in [0.15, 0.2) is 17.0 Å². The van der Waals surface area contributed by atoms with E-state index < -0.39 is 0 Å². The average Bonchev–Trinajstić information content (AvgIpc) is 3.58. The van der Waals surface area contributed by atoms with Gasteiger partial charge < -0.3 is 24.7 Å². The number of benzene rings is 2. The molecule has 2 N–H and O–H groups in total. The Morgan fingerprint density at radius 3 is 2.41 bits per heavy atom. The molecule has 1 aliphatic heterocycles. The van der Waals surface area contributed by atoms with Crippen LogP contribution in [0, 0.1) is 0 Å². The second-order valence-electron chi connectivity index (χ2n) is 6.70. The minimum atomic E-state index is 0.290. The first-order valence-electron chi connectivity index (χ1n) is 9.25. The highest BCUT2D eigenvalue weighted by atomic mass is 32.2. The van der Waals surface area contributed by atoms with Crippen LogP contribution in [0.15, 0.2) is 41.6 Å². The second-order valence-corrected chi connectivity index (χ2v) is 7.69. The predicted octanol–water partition coefficient (Wildman–Crippen LogP) is 2.67. The summed E-state index contributed by atoms with van der Waals surface area (Å²) in [5, 5.41) is 1.66. The number of hydrogen-bond donors (Lipinski definition) is 1. The van der Waals surface area contributed by atoms with Crippen molar-refractivity contribution in [2.75, 3.05) is 39.4 Å². The number of nitrogens with two attached hydrogens (primary N) is 1. The smallest absolute Gasteiger partial charge is 0.299 e. The minimum absolute atomic E-state index is 0.290. The normalized spacial score (nSPS) is 15.3. The van der Waals surface area contributed by atoms with E-state index in [1.54, 1.807) is 33.1 Å². The molecule has 0 amide bonds. The second kappa shape index (κ2) is 8.34. The highest BCUT2D eigenvalue weighted by molar-refractivity contribution is 7.99. The molecule has 29 heavy (non-hydrogen) atoms. The number of nitrogen functional groups attached to an aromatic ring is 1. The van der Waals surface area contributed by atoms with Crippen molar-refractivity contribution in [1.82, 2.24) is 4.98 Å². The van der Waals surface area contributed by atoms with Gasteiger partial charge in [-0.25, -0.2) is 4.57 Å². The van der Waals surface area contributed by atoms with Gasteiger partial charge in [-0.05, 0) is 29.5 Å². The molecule has 7 nitrogen and oxygen atoms in total. The molecule has 0 saturated carbocycles. The van der Waals surface area contributed by atoms with E-state index >= 15 is 0 Å². The van der Waals surface area contributed by atoms with Crippen molar-refractivity contribution < 1.29 is 23.5 Å². The topological polar surface area (TPSA) is 83.0 Å². The number of fused-ring (bicyclic) bond motifs is 1. The number of aromatic nitrogens is 2. The van der Waals surface area contributed by atoms with Gasteiger partial charge in [0, 0.05) is 17.9 Å². The zero-order valence-electron chi connectivity index (χ0n) is 16.7.